The average molecular weight is 447 g/mol. The Morgan fingerprint density at radius 2 is 1.91 bits per heavy atom. The number of hydrogen-bond donors (Lipinski definition) is 0. The van der Waals surface area contributed by atoms with E-state index in [9.17, 15) is 0 Å². The zero-order valence-electron chi connectivity index (χ0n) is 20.0. The van der Waals surface area contributed by atoms with E-state index in [0.29, 0.717) is 25.3 Å². The highest BCUT2D eigenvalue weighted by Gasteiger charge is 2.26. The summed E-state index contributed by atoms with van der Waals surface area (Å²) in [6, 6.07) is 16.0. The number of likely N-dealkylation sites (tertiary alicyclic amines) is 1. The van der Waals surface area contributed by atoms with Crippen LogP contribution in [-0.2, 0) is 24.3 Å². The van der Waals surface area contributed by atoms with Gasteiger partial charge in [0.2, 0.25) is 0 Å². The van der Waals surface area contributed by atoms with E-state index in [4.69, 9.17) is 19.4 Å². The zero-order chi connectivity index (χ0) is 22.8. The summed E-state index contributed by atoms with van der Waals surface area (Å²) in [6.45, 7) is 8.06. The third kappa shape index (κ3) is 4.82. The number of rotatable bonds is 7. The Morgan fingerprint density at radius 3 is 2.73 bits per heavy atom. The quantitative estimate of drug-likeness (QED) is 0.529. The second kappa shape index (κ2) is 9.65. The predicted octanol–water partition coefficient (Wildman–Crippen LogP) is 4.59. The van der Waals surface area contributed by atoms with Gasteiger partial charge in [-0.3, -0.25) is 0 Å². The molecular weight excluding hydrogens is 412 g/mol. The molecule has 1 saturated heterocycles. The van der Waals surface area contributed by atoms with E-state index in [-0.39, 0.29) is 6.10 Å². The first-order valence-corrected chi connectivity index (χ1v) is 12.1. The van der Waals surface area contributed by atoms with Gasteiger partial charge in [0.05, 0.1) is 30.6 Å². The number of hydrogen-bond acceptors (Lipinski definition) is 6. The summed E-state index contributed by atoms with van der Waals surface area (Å²) in [5.74, 6) is 0. The molecule has 1 fully saturated rings. The molecule has 33 heavy (non-hydrogen) atoms. The Labute approximate surface area is 196 Å². The Hall–Kier alpha value is -2.70. The van der Waals surface area contributed by atoms with Crippen molar-refractivity contribution in [2.45, 2.75) is 58.4 Å². The fourth-order valence-electron chi connectivity index (χ4n) is 4.96. The second-order valence-electron chi connectivity index (χ2n) is 9.50. The van der Waals surface area contributed by atoms with Crippen molar-refractivity contribution in [3.8, 4) is 6.01 Å². The van der Waals surface area contributed by atoms with Crippen molar-refractivity contribution in [2.24, 2.45) is 0 Å². The monoisotopic (exact) mass is 446 g/mol. The number of ether oxygens (including phenoxy) is 2. The largest absolute Gasteiger partial charge is 0.462 e. The summed E-state index contributed by atoms with van der Waals surface area (Å²) >= 11 is 0. The molecule has 0 unspecified atom stereocenters. The fourth-order valence-corrected chi connectivity index (χ4v) is 4.96. The first kappa shape index (κ1) is 22.1. The topological polar surface area (TPSA) is 50.7 Å². The number of benzene rings is 2. The number of nitrogens with zero attached hydrogens (tertiary/aromatic N) is 4. The van der Waals surface area contributed by atoms with Gasteiger partial charge in [-0.25, -0.2) is 0 Å². The van der Waals surface area contributed by atoms with Crippen molar-refractivity contribution in [1.82, 2.24) is 14.9 Å². The highest BCUT2D eigenvalue weighted by Crippen LogP contribution is 2.32. The lowest BCUT2D eigenvalue weighted by molar-refractivity contribution is 0.0623. The minimum absolute atomic E-state index is 0.155. The molecule has 2 aliphatic heterocycles. The summed E-state index contributed by atoms with van der Waals surface area (Å²) in [5, 5.41) is 2.54. The van der Waals surface area contributed by atoms with Crippen LogP contribution in [0.4, 0.5) is 5.69 Å². The normalized spacial score (nSPS) is 18.8. The SMILES string of the molecule is CC(C)OCc1nc(OC[C@H]2CCCN2C)nc2c1CCN(c1cccc3ccccc13)C2. The lowest BCUT2D eigenvalue weighted by atomic mass is 10.0. The van der Waals surface area contributed by atoms with Gasteiger partial charge in [-0.2, -0.15) is 9.97 Å². The van der Waals surface area contributed by atoms with Gasteiger partial charge in [-0.15, -0.1) is 0 Å². The van der Waals surface area contributed by atoms with Crippen LogP contribution in [0.25, 0.3) is 10.8 Å². The second-order valence-corrected chi connectivity index (χ2v) is 9.50. The molecule has 1 atom stereocenters. The molecule has 1 aromatic heterocycles. The Morgan fingerprint density at radius 1 is 1.06 bits per heavy atom. The molecule has 0 spiro atoms. The van der Waals surface area contributed by atoms with Crippen LogP contribution in [0.2, 0.25) is 0 Å². The fraction of sp³-hybridized carbons (Fsp3) is 0.481. The maximum atomic E-state index is 6.15. The summed E-state index contributed by atoms with van der Waals surface area (Å²) in [6.07, 6.45) is 3.45. The van der Waals surface area contributed by atoms with Gasteiger partial charge in [0.25, 0.3) is 0 Å². The number of likely N-dealkylation sites (N-methyl/N-ethyl adjacent to an activating group) is 1. The van der Waals surface area contributed by atoms with E-state index in [2.05, 4.69) is 73.2 Å². The van der Waals surface area contributed by atoms with Crippen LogP contribution < -0.4 is 9.64 Å². The minimum Gasteiger partial charge on any atom is -0.462 e. The molecule has 5 rings (SSSR count). The summed E-state index contributed by atoms with van der Waals surface area (Å²) in [5.41, 5.74) is 4.51. The van der Waals surface area contributed by atoms with Crippen LogP contribution in [-0.4, -0.2) is 53.8 Å². The number of aromatic nitrogens is 2. The lowest BCUT2D eigenvalue weighted by Gasteiger charge is -2.32. The van der Waals surface area contributed by atoms with Crippen LogP contribution in [0.3, 0.4) is 0 Å². The van der Waals surface area contributed by atoms with Crippen molar-refractivity contribution in [3.63, 3.8) is 0 Å². The molecule has 0 N–H and O–H groups in total. The van der Waals surface area contributed by atoms with Gasteiger partial charge in [-0.1, -0.05) is 36.4 Å². The van der Waals surface area contributed by atoms with E-state index in [1.165, 1.54) is 34.9 Å². The van der Waals surface area contributed by atoms with E-state index in [1.807, 2.05) is 0 Å². The summed E-state index contributed by atoms with van der Waals surface area (Å²) in [7, 11) is 2.17. The maximum absolute atomic E-state index is 6.15. The molecule has 174 valence electrons. The van der Waals surface area contributed by atoms with Gasteiger partial charge in [0.1, 0.15) is 6.61 Å². The van der Waals surface area contributed by atoms with Crippen molar-refractivity contribution in [2.75, 3.05) is 31.6 Å². The molecular formula is C27H34N4O2. The van der Waals surface area contributed by atoms with Crippen LogP contribution in [0.5, 0.6) is 6.01 Å². The van der Waals surface area contributed by atoms with E-state index in [0.717, 1.165) is 37.4 Å². The zero-order valence-corrected chi connectivity index (χ0v) is 20.0. The maximum Gasteiger partial charge on any atom is 0.317 e. The number of anilines is 1. The molecule has 0 aliphatic carbocycles. The molecule has 3 aromatic rings. The van der Waals surface area contributed by atoms with Gasteiger partial charge >= 0.3 is 6.01 Å². The number of fused-ring (bicyclic) bond motifs is 2. The molecule has 0 amide bonds. The Bertz CT molecular complexity index is 1110. The minimum atomic E-state index is 0.155. The predicted molar refractivity (Wildman–Crippen MR) is 132 cm³/mol. The van der Waals surface area contributed by atoms with Crippen LogP contribution in [0.1, 0.15) is 43.6 Å². The van der Waals surface area contributed by atoms with Gasteiger partial charge < -0.3 is 19.3 Å². The highest BCUT2D eigenvalue weighted by molar-refractivity contribution is 5.94. The third-order valence-corrected chi connectivity index (χ3v) is 6.87. The van der Waals surface area contributed by atoms with Crippen molar-refractivity contribution in [3.05, 3.63) is 59.4 Å². The summed E-state index contributed by atoms with van der Waals surface area (Å²) in [4.78, 5) is 14.5. The van der Waals surface area contributed by atoms with E-state index < -0.39 is 0 Å². The smallest absolute Gasteiger partial charge is 0.317 e. The van der Waals surface area contributed by atoms with E-state index >= 15 is 0 Å². The molecule has 2 aliphatic rings. The highest BCUT2D eigenvalue weighted by atomic mass is 16.5. The Kier molecular flexibility index (Phi) is 6.47. The molecule has 2 aromatic carbocycles. The van der Waals surface area contributed by atoms with Crippen molar-refractivity contribution in [1.29, 1.82) is 0 Å². The molecule has 3 heterocycles. The molecule has 0 saturated carbocycles. The third-order valence-electron chi connectivity index (χ3n) is 6.87. The first-order chi connectivity index (χ1) is 16.1. The molecule has 6 heteroatoms. The molecule has 0 radical (unpaired) electrons. The Balaban J connectivity index is 1.43. The molecule has 6 nitrogen and oxygen atoms in total. The summed E-state index contributed by atoms with van der Waals surface area (Å²) < 4.78 is 12.1. The van der Waals surface area contributed by atoms with Crippen molar-refractivity contribution >= 4 is 16.5 Å². The van der Waals surface area contributed by atoms with Crippen LogP contribution >= 0.6 is 0 Å². The lowest BCUT2D eigenvalue weighted by Crippen LogP contribution is -2.33. The van der Waals surface area contributed by atoms with Crippen molar-refractivity contribution < 1.29 is 9.47 Å². The van der Waals surface area contributed by atoms with Gasteiger partial charge in [-0.05, 0) is 58.2 Å². The first-order valence-electron chi connectivity index (χ1n) is 12.1. The average Bonchev–Trinajstić information content (AvgIpc) is 3.25. The van der Waals surface area contributed by atoms with Crippen LogP contribution in [0, 0.1) is 0 Å². The van der Waals surface area contributed by atoms with Crippen LogP contribution in [0.15, 0.2) is 42.5 Å². The standard InChI is InChI=1S/C27H34N4O2/c1-19(2)32-18-25-23-13-15-31(26-12-6-9-20-8-4-5-11-22(20)26)16-24(23)28-27(29-25)33-17-21-10-7-14-30(21)3/h4-6,8-9,11-12,19,21H,7,10,13-18H2,1-3H3/t21-/m1/s1. The molecule has 0 bridgehead atoms. The van der Waals surface area contributed by atoms with E-state index in [1.54, 1.807) is 0 Å². The van der Waals surface area contributed by atoms with Gasteiger partial charge in [0.15, 0.2) is 0 Å². The van der Waals surface area contributed by atoms with Gasteiger partial charge in [0, 0.05) is 29.2 Å².